The van der Waals surface area contributed by atoms with Gasteiger partial charge in [-0.1, -0.05) is 92.0 Å². The average Bonchev–Trinajstić information content (AvgIpc) is 2.97. The molecule has 0 unspecified atom stereocenters. The molecule has 6 N–H and O–H groups in total. The lowest BCUT2D eigenvalue weighted by Gasteiger charge is -2.07. The van der Waals surface area contributed by atoms with Crippen molar-refractivity contribution in [1.29, 1.82) is 0 Å². The number of unbranched alkanes of at least 4 members (excludes halogenated alkanes) is 1. The highest BCUT2D eigenvalue weighted by atomic mass is 19.1. The van der Waals surface area contributed by atoms with Gasteiger partial charge in [-0.25, -0.2) is 14.4 Å². The molecule has 1 aromatic heterocycles. The number of rotatable bonds is 6. The maximum atomic E-state index is 12.8. The molecule has 3 rings (SSSR count). The molecule has 41 heavy (non-hydrogen) atoms. The van der Waals surface area contributed by atoms with E-state index in [1.807, 2.05) is 33.8 Å². The Morgan fingerprint density at radius 1 is 0.780 bits per heavy atom. The molecule has 1 heterocycles. The number of hydrogen-bond donors (Lipinski definition) is 3. The van der Waals surface area contributed by atoms with Crippen LogP contribution in [-0.2, 0) is 12.8 Å². The van der Waals surface area contributed by atoms with Crippen LogP contribution in [0, 0.1) is 26.6 Å². The smallest absolute Gasteiger partial charge is 0.123 e. The van der Waals surface area contributed by atoms with Gasteiger partial charge < -0.3 is 17.2 Å². The fourth-order valence-electron chi connectivity index (χ4n) is 3.20. The van der Waals surface area contributed by atoms with Crippen molar-refractivity contribution in [2.24, 2.45) is 17.2 Å². The molecule has 228 valence electrons. The van der Waals surface area contributed by atoms with Gasteiger partial charge in [0.1, 0.15) is 12.1 Å². The Kier molecular flexibility index (Phi) is 23.3. The lowest BCUT2D eigenvalue weighted by Crippen LogP contribution is -2.07. The Hall–Kier alpha value is -3.67. The van der Waals surface area contributed by atoms with Gasteiger partial charge in [-0.15, -0.1) is 0 Å². The number of benzene rings is 2. The van der Waals surface area contributed by atoms with E-state index in [9.17, 15) is 4.39 Å². The molecule has 0 atom stereocenters. The van der Waals surface area contributed by atoms with Crippen molar-refractivity contribution in [2.75, 3.05) is 0 Å². The molecule has 0 amide bonds. The minimum Gasteiger partial charge on any atom is -0.398 e. The quantitative estimate of drug-likeness (QED) is 0.259. The first-order chi connectivity index (χ1) is 19.5. The predicted molar refractivity (Wildman–Crippen MR) is 178 cm³/mol. The van der Waals surface area contributed by atoms with E-state index in [-0.39, 0.29) is 11.6 Å². The van der Waals surface area contributed by atoms with Crippen LogP contribution in [0.2, 0.25) is 0 Å². The van der Waals surface area contributed by atoms with E-state index in [2.05, 4.69) is 63.6 Å². The second kappa shape index (κ2) is 24.2. The van der Waals surface area contributed by atoms with Gasteiger partial charge in [0, 0.05) is 23.5 Å². The van der Waals surface area contributed by atoms with Crippen LogP contribution in [0.1, 0.15) is 107 Å². The van der Waals surface area contributed by atoms with E-state index in [4.69, 9.17) is 17.2 Å². The van der Waals surface area contributed by atoms with Crippen LogP contribution < -0.4 is 17.2 Å². The van der Waals surface area contributed by atoms with Gasteiger partial charge in [0.05, 0.1) is 5.82 Å². The molecule has 0 saturated heterocycles. The van der Waals surface area contributed by atoms with Crippen LogP contribution in [0.4, 0.5) is 4.39 Å². The summed E-state index contributed by atoms with van der Waals surface area (Å²) in [7, 11) is 0. The summed E-state index contributed by atoms with van der Waals surface area (Å²) >= 11 is 0. The molecule has 0 fully saturated rings. The molecule has 5 nitrogen and oxygen atoms in total. The van der Waals surface area contributed by atoms with Crippen molar-refractivity contribution in [3.63, 3.8) is 0 Å². The number of aromatic nitrogens is 2. The van der Waals surface area contributed by atoms with Gasteiger partial charge in [0.25, 0.3) is 0 Å². The van der Waals surface area contributed by atoms with Crippen LogP contribution >= 0.6 is 0 Å². The Labute approximate surface area is 250 Å². The highest BCUT2D eigenvalue weighted by Gasteiger charge is 2.05. The second-order valence-electron chi connectivity index (χ2n) is 9.32. The topological polar surface area (TPSA) is 104 Å². The predicted octanol–water partition coefficient (Wildman–Crippen LogP) is 8.69. The number of halogens is 1. The lowest BCUT2D eigenvalue weighted by molar-refractivity contribution is 0.627. The van der Waals surface area contributed by atoms with Crippen LogP contribution in [0.15, 0.2) is 66.8 Å². The summed E-state index contributed by atoms with van der Waals surface area (Å²) in [6, 6.07) is 12.7. The number of aryl methyl sites for hydroxylation is 4. The molecule has 3 aromatic rings. The fourth-order valence-corrected chi connectivity index (χ4v) is 3.20. The first-order valence-electron chi connectivity index (χ1n) is 14.8. The van der Waals surface area contributed by atoms with Crippen molar-refractivity contribution in [3.8, 4) is 0 Å². The lowest BCUT2D eigenvalue weighted by atomic mass is 10.0. The molecule has 0 aliphatic heterocycles. The van der Waals surface area contributed by atoms with E-state index in [1.54, 1.807) is 30.6 Å². The Morgan fingerprint density at radius 3 is 1.73 bits per heavy atom. The van der Waals surface area contributed by atoms with Crippen molar-refractivity contribution in [3.05, 3.63) is 112 Å². The zero-order valence-corrected chi connectivity index (χ0v) is 27.3. The van der Waals surface area contributed by atoms with Gasteiger partial charge in [-0.2, -0.15) is 0 Å². The minimum atomic E-state index is -0.207. The van der Waals surface area contributed by atoms with Crippen LogP contribution in [0.3, 0.4) is 0 Å². The van der Waals surface area contributed by atoms with E-state index < -0.39 is 0 Å². The third-order valence-electron chi connectivity index (χ3n) is 5.69. The summed E-state index contributed by atoms with van der Waals surface area (Å²) < 4.78 is 12.8. The normalized spacial score (nSPS) is 9.78. The van der Waals surface area contributed by atoms with Gasteiger partial charge in [0.15, 0.2) is 0 Å². The number of allylic oxidation sites excluding steroid dienone is 2. The van der Waals surface area contributed by atoms with Crippen molar-refractivity contribution in [1.82, 2.24) is 9.97 Å². The van der Waals surface area contributed by atoms with E-state index in [1.165, 1.54) is 42.5 Å². The van der Waals surface area contributed by atoms with Gasteiger partial charge in [-0.05, 0) is 85.4 Å². The fraction of sp³-hybridized carbons (Fsp3) is 0.429. The molecular weight excluding hydrogens is 509 g/mol. The number of hydrogen-bond acceptors (Lipinski definition) is 5. The highest BCUT2D eigenvalue weighted by molar-refractivity contribution is 5.65. The molecule has 6 heteroatoms. The largest absolute Gasteiger partial charge is 0.398 e. The maximum absolute atomic E-state index is 12.8. The Morgan fingerprint density at radius 2 is 1.29 bits per heavy atom. The summed E-state index contributed by atoms with van der Waals surface area (Å²) in [5.41, 5.74) is 25.0. The monoisotopic (exact) mass is 565 g/mol. The SMILES string of the molecule is CC.CCC.CCCC.CCc1cc(/C(N)=C/C=C(N)N)ccc1C.Cc1ncnc(C)c1Cc1ccc(F)cc1. The van der Waals surface area contributed by atoms with Gasteiger partial charge in [0.2, 0.25) is 0 Å². The molecular formula is C35H56FN5. The van der Waals surface area contributed by atoms with E-state index in [0.717, 1.165) is 40.9 Å². The Bertz CT molecular complexity index is 1130. The third kappa shape index (κ3) is 17.6. The van der Waals surface area contributed by atoms with Crippen LogP contribution in [0.25, 0.3) is 5.70 Å². The molecule has 0 radical (unpaired) electrons. The Balaban J connectivity index is 0. The number of nitrogens with zero attached hydrogens (tertiary/aromatic N) is 2. The van der Waals surface area contributed by atoms with Crippen molar-refractivity contribution >= 4 is 5.70 Å². The van der Waals surface area contributed by atoms with Crippen molar-refractivity contribution < 1.29 is 4.39 Å². The third-order valence-corrected chi connectivity index (χ3v) is 5.69. The maximum Gasteiger partial charge on any atom is 0.123 e. The molecule has 0 spiro atoms. The molecule has 2 aromatic carbocycles. The van der Waals surface area contributed by atoms with Crippen LogP contribution in [0.5, 0.6) is 0 Å². The summed E-state index contributed by atoms with van der Waals surface area (Å²) in [6.07, 6.45) is 10.5. The van der Waals surface area contributed by atoms with Gasteiger partial charge >= 0.3 is 0 Å². The average molecular weight is 566 g/mol. The first kappa shape index (κ1) is 39.5. The summed E-state index contributed by atoms with van der Waals surface area (Å²) in [5, 5.41) is 0. The van der Waals surface area contributed by atoms with Gasteiger partial charge in [-0.3, -0.25) is 0 Å². The van der Waals surface area contributed by atoms with Crippen LogP contribution in [-0.4, -0.2) is 9.97 Å². The second-order valence-corrected chi connectivity index (χ2v) is 9.32. The zero-order valence-electron chi connectivity index (χ0n) is 27.3. The summed E-state index contributed by atoms with van der Waals surface area (Å²) in [5.74, 6) is 0.0484. The molecule has 0 aliphatic rings. The molecule has 0 saturated carbocycles. The van der Waals surface area contributed by atoms with E-state index in [0.29, 0.717) is 5.70 Å². The first-order valence-corrected chi connectivity index (χ1v) is 14.8. The number of nitrogens with two attached hydrogens (primary N) is 3. The summed E-state index contributed by atoms with van der Waals surface area (Å²) in [4.78, 5) is 8.34. The molecule has 0 aliphatic carbocycles. The zero-order chi connectivity index (χ0) is 31.8. The summed E-state index contributed by atoms with van der Waals surface area (Å²) in [6.45, 7) is 20.8. The van der Waals surface area contributed by atoms with Crippen molar-refractivity contribution in [2.45, 2.75) is 101 Å². The van der Waals surface area contributed by atoms with E-state index >= 15 is 0 Å². The molecule has 0 bridgehead atoms. The minimum absolute atomic E-state index is 0.207. The standard InChI is InChI=1S/C13H13FN2.C13H19N3.C4H10.C3H8.C2H6/c1-9-13(10(2)16-8-15-9)7-11-3-5-12(14)6-4-11;1-3-10-8-11(5-4-9(10)2)12(14)6-7-13(15)16;1-3-4-2;1-3-2;1-2/h3-6,8H,7H2,1-2H3;4-8H,3,14-16H2,1-2H3;3-4H2,1-2H3;3H2,1-2H3;1-2H3/b;12-6-;;;. The highest BCUT2D eigenvalue weighted by Crippen LogP contribution is 2.16.